The molecule has 0 radical (unpaired) electrons. The van der Waals surface area contributed by atoms with Crippen LogP contribution in [-0.4, -0.2) is 24.0 Å². The molecule has 120 valence electrons. The zero-order valence-corrected chi connectivity index (χ0v) is 14.2. The first-order valence-electron chi connectivity index (χ1n) is 8.63. The molecule has 2 rings (SSSR count). The van der Waals surface area contributed by atoms with E-state index in [4.69, 9.17) is 4.42 Å². The van der Waals surface area contributed by atoms with Crippen LogP contribution in [0.15, 0.2) is 10.5 Å². The molecule has 0 atom stereocenters. The topological polar surface area (TPSA) is 28.4 Å². The number of hydrogen-bond donors (Lipinski definition) is 1. The first-order valence-corrected chi connectivity index (χ1v) is 8.63. The third-order valence-corrected chi connectivity index (χ3v) is 4.23. The third-order valence-electron chi connectivity index (χ3n) is 4.23. The highest BCUT2D eigenvalue weighted by Gasteiger charge is 2.29. The minimum absolute atomic E-state index is 0.776. The van der Waals surface area contributed by atoms with E-state index >= 15 is 0 Å². The van der Waals surface area contributed by atoms with E-state index in [1.165, 1.54) is 37.8 Å². The maximum absolute atomic E-state index is 5.98. The van der Waals surface area contributed by atoms with Gasteiger partial charge in [0.1, 0.15) is 11.5 Å². The second kappa shape index (κ2) is 8.00. The Hall–Kier alpha value is -0.800. The van der Waals surface area contributed by atoms with Crippen LogP contribution in [0.25, 0.3) is 0 Å². The van der Waals surface area contributed by atoms with Gasteiger partial charge in [0, 0.05) is 18.2 Å². The number of aryl methyl sites for hydroxylation is 1. The number of rotatable bonds is 10. The summed E-state index contributed by atoms with van der Waals surface area (Å²) in [5, 5.41) is 3.46. The molecule has 3 nitrogen and oxygen atoms in total. The lowest BCUT2D eigenvalue weighted by Gasteiger charge is -2.21. The summed E-state index contributed by atoms with van der Waals surface area (Å²) in [6, 6.07) is 3.05. The van der Waals surface area contributed by atoms with Crippen LogP contribution in [0.4, 0.5) is 0 Å². The standard InChI is InChI=1S/C18H32N2O/c1-5-9-19-12-16-11-18(21-15(16)4)13-20(17-6-7-17)10-8-14(2)3/h11,14,17,19H,5-10,12-13H2,1-4H3. The van der Waals surface area contributed by atoms with Crippen LogP contribution in [0.3, 0.4) is 0 Å². The van der Waals surface area contributed by atoms with Gasteiger partial charge < -0.3 is 9.73 Å². The lowest BCUT2D eigenvalue weighted by Crippen LogP contribution is -2.27. The van der Waals surface area contributed by atoms with Gasteiger partial charge in [-0.05, 0) is 57.7 Å². The predicted octanol–water partition coefficient (Wildman–Crippen LogP) is 4.10. The third kappa shape index (κ3) is 5.48. The normalized spacial score (nSPS) is 15.3. The van der Waals surface area contributed by atoms with Crippen LogP contribution < -0.4 is 5.32 Å². The maximum Gasteiger partial charge on any atom is 0.118 e. The average Bonchev–Trinajstić information content (AvgIpc) is 3.21. The van der Waals surface area contributed by atoms with Gasteiger partial charge in [-0.1, -0.05) is 20.8 Å². The van der Waals surface area contributed by atoms with E-state index in [1.807, 2.05) is 0 Å². The Kier molecular flexibility index (Phi) is 6.31. The summed E-state index contributed by atoms with van der Waals surface area (Å²) in [5.41, 5.74) is 1.32. The lowest BCUT2D eigenvalue weighted by molar-refractivity contribution is 0.220. The number of hydrogen-bond acceptors (Lipinski definition) is 3. The van der Waals surface area contributed by atoms with Crippen LogP contribution in [-0.2, 0) is 13.1 Å². The van der Waals surface area contributed by atoms with Gasteiger partial charge in [0.25, 0.3) is 0 Å². The van der Waals surface area contributed by atoms with E-state index < -0.39 is 0 Å². The molecule has 1 heterocycles. The molecule has 3 heteroatoms. The fraction of sp³-hybridized carbons (Fsp3) is 0.778. The molecule has 1 aromatic heterocycles. The van der Waals surface area contributed by atoms with Gasteiger partial charge in [0.2, 0.25) is 0 Å². The molecular weight excluding hydrogens is 260 g/mol. The number of nitrogens with one attached hydrogen (secondary N) is 1. The van der Waals surface area contributed by atoms with Crippen molar-refractivity contribution >= 4 is 0 Å². The summed E-state index contributed by atoms with van der Waals surface area (Å²) in [4.78, 5) is 2.61. The Balaban J connectivity index is 1.89. The molecule has 0 unspecified atom stereocenters. The number of nitrogens with zero attached hydrogens (tertiary/aromatic N) is 1. The van der Waals surface area contributed by atoms with Crippen molar-refractivity contribution in [2.24, 2.45) is 5.92 Å². The highest BCUT2D eigenvalue weighted by atomic mass is 16.3. The Morgan fingerprint density at radius 1 is 1.38 bits per heavy atom. The van der Waals surface area contributed by atoms with Gasteiger partial charge in [0.15, 0.2) is 0 Å². The van der Waals surface area contributed by atoms with E-state index in [1.54, 1.807) is 0 Å². The van der Waals surface area contributed by atoms with Gasteiger partial charge >= 0.3 is 0 Å². The molecule has 0 bridgehead atoms. The lowest BCUT2D eigenvalue weighted by atomic mass is 10.1. The number of furan rings is 1. The van der Waals surface area contributed by atoms with Gasteiger partial charge in [-0.2, -0.15) is 0 Å². The quantitative estimate of drug-likeness (QED) is 0.658. The summed E-state index contributed by atoms with van der Waals surface area (Å²) < 4.78 is 5.98. The largest absolute Gasteiger partial charge is 0.465 e. The zero-order chi connectivity index (χ0) is 15.2. The first-order chi connectivity index (χ1) is 10.1. The van der Waals surface area contributed by atoms with E-state index in [-0.39, 0.29) is 0 Å². The maximum atomic E-state index is 5.98. The fourth-order valence-corrected chi connectivity index (χ4v) is 2.70. The fourth-order valence-electron chi connectivity index (χ4n) is 2.70. The first kappa shape index (κ1) is 16.6. The summed E-state index contributed by atoms with van der Waals surface area (Å²) >= 11 is 0. The Bertz CT molecular complexity index is 421. The van der Waals surface area contributed by atoms with E-state index in [9.17, 15) is 0 Å². The smallest absolute Gasteiger partial charge is 0.118 e. The van der Waals surface area contributed by atoms with Crippen molar-refractivity contribution in [3.63, 3.8) is 0 Å². The van der Waals surface area contributed by atoms with Crippen molar-refractivity contribution in [1.82, 2.24) is 10.2 Å². The molecule has 1 fully saturated rings. The molecule has 21 heavy (non-hydrogen) atoms. The van der Waals surface area contributed by atoms with Gasteiger partial charge in [-0.15, -0.1) is 0 Å². The van der Waals surface area contributed by atoms with Crippen LogP contribution in [0.5, 0.6) is 0 Å². The molecule has 1 saturated carbocycles. The van der Waals surface area contributed by atoms with Gasteiger partial charge in [-0.3, -0.25) is 4.90 Å². The van der Waals surface area contributed by atoms with E-state index in [2.05, 4.69) is 44.0 Å². The van der Waals surface area contributed by atoms with Crippen molar-refractivity contribution in [1.29, 1.82) is 0 Å². The second-order valence-electron chi connectivity index (χ2n) is 6.86. The molecule has 0 amide bonds. The Morgan fingerprint density at radius 2 is 2.14 bits per heavy atom. The van der Waals surface area contributed by atoms with Crippen molar-refractivity contribution < 1.29 is 4.42 Å². The van der Waals surface area contributed by atoms with Crippen LogP contribution in [0.2, 0.25) is 0 Å². The summed E-state index contributed by atoms with van der Waals surface area (Å²) in [6.45, 7) is 13.1. The van der Waals surface area contributed by atoms with Crippen molar-refractivity contribution in [2.75, 3.05) is 13.1 Å². The van der Waals surface area contributed by atoms with Crippen molar-refractivity contribution in [3.8, 4) is 0 Å². The monoisotopic (exact) mass is 292 g/mol. The molecule has 1 N–H and O–H groups in total. The van der Waals surface area contributed by atoms with E-state index in [0.717, 1.165) is 43.1 Å². The second-order valence-corrected chi connectivity index (χ2v) is 6.86. The van der Waals surface area contributed by atoms with Gasteiger partial charge in [-0.25, -0.2) is 0 Å². The molecule has 0 saturated heterocycles. The SMILES string of the molecule is CCCNCc1cc(CN(CCC(C)C)C2CC2)oc1C. The molecule has 1 aliphatic rings. The average molecular weight is 292 g/mol. The van der Waals surface area contributed by atoms with Crippen LogP contribution >= 0.6 is 0 Å². The van der Waals surface area contributed by atoms with Crippen LogP contribution in [0.1, 0.15) is 63.5 Å². The van der Waals surface area contributed by atoms with Crippen molar-refractivity contribution in [2.45, 2.75) is 72.5 Å². The highest BCUT2D eigenvalue weighted by Crippen LogP contribution is 2.29. The summed E-state index contributed by atoms with van der Waals surface area (Å²) in [6.07, 6.45) is 5.18. The Morgan fingerprint density at radius 3 is 2.76 bits per heavy atom. The molecule has 0 aromatic carbocycles. The molecule has 1 aromatic rings. The molecule has 0 spiro atoms. The predicted molar refractivity (Wildman–Crippen MR) is 88.3 cm³/mol. The zero-order valence-electron chi connectivity index (χ0n) is 14.2. The van der Waals surface area contributed by atoms with Crippen LogP contribution in [0, 0.1) is 12.8 Å². The van der Waals surface area contributed by atoms with E-state index in [0.29, 0.717) is 0 Å². The highest BCUT2D eigenvalue weighted by molar-refractivity contribution is 5.20. The van der Waals surface area contributed by atoms with Gasteiger partial charge in [0.05, 0.1) is 6.54 Å². The minimum Gasteiger partial charge on any atom is -0.465 e. The summed E-state index contributed by atoms with van der Waals surface area (Å²) in [5.74, 6) is 2.99. The molecular formula is C18H32N2O. The molecule has 0 aliphatic heterocycles. The van der Waals surface area contributed by atoms with Crippen molar-refractivity contribution in [3.05, 3.63) is 23.2 Å². The summed E-state index contributed by atoms with van der Waals surface area (Å²) in [7, 11) is 0. The molecule has 1 aliphatic carbocycles. The minimum atomic E-state index is 0.776. The Labute approximate surface area is 130 Å².